The molecule has 3 unspecified atom stereocenters. The van der Waals surface area contributed by atoms with Crippen molar-refractivity contribution in [2.45, 2.75) is 49.2 Å². The SMILES string of the molecule is CN1C(Cl)CNC(c2ccsc2)(C2CCc3ccccc32)C1(C)C. The molecule has 1 aromatic carbocycles. The molecule has 1 N–H and O–H groups in total. The fraction of sp³-hybridized carbons (Fsp3) is 0.500. The van der Waals surface area contributed by atoms with E-state index in [1.807, 2.05) is 0 Å². The lowest BCUT2D eigenvalue weighted by Gasteiger charge is -2.60. The number of thiophene rings is 1. The highest BCUT2D eigenvalue weighted by atomic mass is 35.5. The number of benzene rings is 1. The Labute approximate surface area is 153 Å². The van der Waals surface area contributed by atoms with Crippen LogP contribution >= 0.6 is 22.9 Å². The van der Waals surface area contributed by atoms with Crippen molar-refractivity contribution in [2.75, 3.05) is 13.6 Å². The average Bonchev–Trinajstić information content (AvgIpc) is 3.24. The summed E-state index contributed by atoms with van der Waals surface area (Å²) in [5.41, 5.74) is 4.20. The zero-order valence-corrected chi connectivity index (χ0v) is 16.1. The third-order valence-electron chi connectivity index (χ3n) is 6.45. The minimum Gasteiger partial charge on any atom is -0.303 e. The van der Waals surface area contributed by atoms with E-state index >= 15 is 0 Å². The van der Waals surface area contributed by atoms with E-state index in [2.05, 4.69) is 72.2 Å². The number of fused-ring (bicyclic) bond motifs is 1. The molecule has 0 radical (unpaired) electrons. The fourth-order valence-electron chi connectivity index (χ4n) is 4.93. The Balaban J connectivity index is 1.91. The summed E-state index contributed by atoms with van der Waals surface area (Å²) in [7, 11) is 2.17. The van der Waals surface area contributed by atoms with Crippen LogP contribution in [0.25, 0.3) is 0 Å². The second-order valence-electron chi connectivity index (χ2n) is 7.60. The predicted molar refractivity (Wildman–Crippen MR) is 103 cm³/mol. The van der Waals surface area contributed by atoms with Gasteiger partial charge < -0.3 is 5.32 Å². The largest absolute Gasteiger partial charge is 0.303 e. The second-order valence-corrected chi connectivity index (χ2v) is 8.88. The van der Waals surface area contributed by atoms with Crippen LogP contribution in [0.2, 0.25) is 0 Å². The molecule has 1 aliphatic carbocycles. The van der Waals surface area contributed by atoms with E-state index in [0.29, 0.717) is 5.92 Å². The Hall–Kier alpha value is -0.870. The van der Waals surface area contributed by atoms with E-state index in [4.69, 9.17) is 11.6 Å². The van der Waals surface area contributed by atoms with Gasteiger partial charge in [-0.05, 0) is 67.3 Å². The lowest BCUT2D eigenvalue weighted by atomic mass is 9.63. The van der Waals surface area contributed by atoms with Crippen LogP contribution < -0.4 is 5.32 Å². The number of hydrogen-bond acceptors (Lipinski definition) is 3. The van der Waals surface area contributed by atoms with Gasteiger partial charge in [0.25, 0.3) is 0 Å². The Morgan fingerprint density at radius 3 is 2.79 bits per heavy atom. The van der Waals surface area contributed by atoms with E-state index in [1.54, 1.807) is 11.3 Å². The van der Waals surface area contributed by atoms with Crippen molar-refractivity contribution in [1.82, 2.24) is 10.2 Å². The van der Waals surface area contributed by atoms with Gasteiger partial charge in [-0.15, -0.1) is 11.6 Å². The normalized spacial score (nSPS) is 32.7. The van der Waals surface area contributed by atoms with Crippen molar-refractivity contribution in [3.8, 4) is 0 Å². The number of piperazine rings is 1. The molecule has 128 valence electrons. The smallest absolute Gasteiger partial charge is 0.0979 e. The van der Waals surface area contributed by atoms with Crippen LogP contribution in [0, 0.1) is 0 Å². The van der Waals surface area contributed by atoms with Crippen LogP contribution in [0.5, 0.6) is 0 Å². The van der Waals surface area contributed by atoms with Crippen molar-refractivity contribution < 1.29 is 0 Å². The molecule has 2 aromatic rings. The van der Waals surface area contributed by atoms with Gasteiger partial charge in [-0.2, -0.15) is 11.3 Å². The van der Waals surface area contributed by atoms with E-state index in [-0.39, 0.29) is 16.6 Å². The number of halogens is 1. The number of nitrogens with one attached hydrogen (secondary N) is 1. The minimum atomic E-state index is -0.125. The van der Waals surface area contributed by atoms with Crippen LogP contribution in [-0.2, 0) is 12.0 Å². The van der Waals surface area contributed by atoms with Gasteiger partial charge in [0.05, 0.1) is 11.0 Å². The van der Waals surface area contributed by atoms with Crippen molar-refractivity contribution in [1.29, 1.82) is 0 Å². The van der Waals surface area contributed by atoms with Crippen LogP contribution in [0.4, 0.5) is 0 Å². The molecule has 2 aliphatic rings. The van der Waals surface area contributed by atoms with Gasteiger partial charge in [0.15, 0.2) is 0 Å². The molecule has 1 aromatic heterocycles. The molecule has 3 atom stereocenters. The van der Waals surface area contributed by atoms with Gasteiger partial charge in [0.2, 0.25) is 0 Å². The standard InChI is InChI=1S/C20H25ClN2S/c1-19(2)20(15-10-11-24-13-15,22-12-18(21)23(19)3)17-9-8-14-6-4-5-7-16(14)17/h4-7,10-11,13,17-18,22H,8-9,12H2,1-3H3. The molecule has 1 saturated heterocycles. The van der Waals surface area contributed by atoms with Gasteiger partial charge in [-0.3, -0.25) is 4.90 Å². The molecule has 2 heterocycles. The number of rotatable bonds is 2. The maximum atomic E-state index is 6.61. The molecule has 0 bridgehead atoms. The van der Waals surface area contributed by atoms with Gasteiger partial charge >= 0.3 is 0 Å². The highest BCUT2D eigenvalue weighted by molar-refractivity contribution is 7.08. The van der Waals surface area contributed by atoms with E-state index in [0.717, 1.165) is 6.54 Å². The Morgan fingerprint density at radius 1 is 1.25 bits per heavy atom. The average molecular weight is 361 g/mol. The summed E-state index contributed by atoms with van der Waals surface area (Å²) in [6.45, 7) is 5.48. The molecular weight excluding hydrogens is 336 g/mol. The van der Waals surface area contributed by atoms with Crippen LogP contribution in [-0.4, -0.2) is 29.5 Å². The fourth-order valence-corrected chi connectivity index (χ4v) is 5.96. The third-order valence-corrected chi connectivity index (χ3v) is 7.58. The van der Waals surface area contributed by atoms with E-state index < -0.39 is 0 Å². The molecule has 1 fully saturated rings. The molecule has 0 spiro atoms. The van der Waals surface area contributed by atoms with Gasteiger partial charge in [-0.25, -0.2) is 0 Å². The summed E-state index contributed by atoms with van der Waals surface area (Å²) < 4.78 is 0. The summed E-state index contributed by atoms with van der Waals surface area (Å²) >= 11 is 8.40. The first-order valence-corrected chi connectivity index (χ1v) is 10.1. The minimum absolute atomic E-state index is 0.0170. The first-order chi connectivity index (χ1) is 11.5. The zero-order chi connectivity index (χ0) is 16.9. The zero-order valence-electron chi connectivity index (χ0n) is 14.6. The highest BCUT2D eigenvalue weighted by Gasteiger charge is 2.58. The number of aryl methyl sites for hydroxylation is 1. The molecule has 1 aliphatic heterocycles. The highest BCUT2D eigenvalue weighted by Crippen LogP contribution is 2.54. The lowest BCUT2D eigenvalue weighted by molar-refractivity contribution is -0.0257. The maximum absolute atomic E-state index is 6.61. The summed E-state index contributed by atoms with van der Waals surface area (Å²) in [4.78, 5) is 2.35. The van der Waals surface area contributed by atoms with Crippen LogP contribution in [0.1, 0.15) is 42.9 Å². The summed E-state index contributed by atoms with van der Waals surface area (Å²) in [5, 5.41) is 8.44. The van der Waals surface area contributed by atoms with Gasteiger partial charge in [-0.1, -0.05) is 24.3 Å². The van der Waals surface area contributed by atoms with Gasteiger partial charge in [0, 0.05) is 18.0 Å². The Morgan fingerprint density at radius 2 is 2.04 bits per heavy atom. The number of likely N-dealkylation sites (N-methyl/N-ethyl adjacent to an activating group) is 1. The van der Waals surface area contributed by atoms with Crippen LogP contribution in [0.15, 0.2) is 41.1 Å². The van der Waals surface area contributed by atoms with Crippen molar-refractivity contribution >= 4 is 22.9 Å². The van der Waals surface area contributed by atoms with E-state index in [1.165, 1.54) is 29.5 Å². The van der Waals surface area contributed by atoms with Gasteiger partial charge in [0.1, 0.15) is 0 Å². The topological polar surface area (TPSA) is 15.3 Å². The predicted octanol–water partition coefficient (Wildman–Crippen LogP) is 4.55. The van der Waals surface area contributed by atoms with Crippen LogP contribution in [0.3, 0.4) is 0 Å². The molecule has 4 rings (SSSR count). The Bertz CT molecular complexity index is 727. The number of alkyl halides is 1. The molecular formula is C20H25ClN2S. The maximum Gasteiger partial charge on any atom is 0.0979 e. The van der Waals surface area contributed by atoms with Crippen molar-refractivity contribution in [3.05, 3.63) is 57.8 Å². The Kier molecular flexibility index (Phi) is 4.04. The monoisotopic (exact) mass is 360 g/mol. The second kappa shape index (κ2) is 5.84. The number of hydrogen-bond donors (Lipinski definition) is 1. The molecule has 0 amide bonds. The molecule has 0 saturated carbocycles. The summed E-state index contributed by atoms with van der Waals surface area (Å²) in [6, 6.07) is 11.3. The summed E-state index contributed by atoms with van der Waals surface area (Å²) in [5.74, 6) is 0.463. The van der Waals surface area contributed by atoms with Crippen molar-refractivity contribution in [3.63, 3.8) is 0 Å². The lowest BCUT2D eigenvalue weighted by Crippen LogP contribution is -2.73. The summed E-state index contributed by atoms with van der Waals surface area (Å²) in [6.07, 6.45) is 2.35. The molecule has 2 nitrogen and oxygen atoms in total. The third kappa shape index (κ3) is 2.15. The van der Waals surface area contributed by atoms with Crippen molar-refractivity contribution in [2.24, 2.45) is 0 Å². The quantitative estimate of drug-likeness (QED) is 0.624. The number of nitrogens with zero attached hydrogens (tertiary/aromatic N) is 1. The van der Waals surface area contributed by atoms with E-state index in [9.17, 15) is 0 Å². The first kappa shape index (κ1) is 16.6. The molecule has 4 heteroatoms. The first-order valence-electron chi connectivity index (χ1n) is 8.71. The molecule has 24 heavy (non-hydrogen) atoms.